The summed E-state index contributed by atoms with van der Waals surface area (Å²) >= 11 is 0. The molecule has 0 spiro atoms. The van der Waals surface area contributed by atoms with E-state index in [0.717, 1.165) is 31.8 Å². The zero-order valence-electron chi connectivity index (χ0n) is 16.7. The Bertz CT molecular complexity index is 282. The monoisotopic (exact) mass is 337 g/mol. The Kier molecular flexibility index (Phi) is 13.3. The summed E-state index contributed by atoms with van der Waals surface area (Å²) in [7, 11) is 0. The van der Waals surface area contributed by atoms with Crippen molar-refractivity contribution < 1.29 is 4.79 Å². The zero-order valence-corrected chi connectivity index (χ0v) is 16.7. The first kappa shape index (κ1) is 21.5. The van der Waals surface area contributed by atoms with E-state index in [1.807, 2.05) is 0 Å². The summed E-state index contributed by atoms with van der Waals surface area (Å²) in [6.45, 7) is 6.52. The van der Waals surface area contributed by atoms with Crippen LogP contribution in [0.2, 0.25) is 0 Å². The maximum Gasteiger partial charge on any atom is 0.222 e. The normalized spacial score (nSPS) is 15.1. The molecule has 1 fully saturated rings. The van der Waals surface area contributed by atoms with Crippen molar-refractivity contribution in [1.82, 2.24) is 4.90 Å². The maximum absolute atomic E-state index is 12.7. The number of carbonyl (C=O) groups is 1. The molecule has 0 aromatic rings. The van der Waals surface area contributed by atoms with E-state index in [1.165, 1.54) is 89.9 Å². The minimum atomic E-state index is 0.438. The molecule has 0 atom stereocenters. The molecule has 0 aromatic carbocycles. The molecule has 0 radical (unpaired) electrons. The van der Waals surface area contributed by atoms with E-state index in [9.17, 15) is 4.79 Å². The average Bonchev–Trinajstić information content (AvgIpc) is 3.11. The van der Waals surface area contributed by atoms with Crippen LogP contribution >= 0.6 is 0 Å². The van der Waals surface area contributed by atoms with Gasteiger partial charge in [-0.3, -0.25) is 4.79 Å². The number of hydrogen-bond donors (Lipinski definition) is 0. The highest BCUT2D eigenvalue weighted by Crippen LogP contribution is 2.28. The molecule has 0 aromatic heterocycles. The predicted octanol–water partition coefficient (Wildman–Crippen LogP) is 6.73. The summed E-state index contributed by atoms with van der Waals surface area (Å²) in [4.78, 5) is 14.9. The number of amides is 1. The third-order valence-corrected chi connectivity index (χ3v) is 5.66. The van der Waals surface area contributed by atoms with Gasteiger partial charge in [0.15, 0.2) is 0 Å². The van der Waals surface area contributed by atoms with Crippen LogP contribution in [0.25, 0.3) is 0 Å². The average molecular weight is 338 g/mol. The number of hydrogen-bond acceptors (Lipinski definition) is 1. The highest BCUT2D eigenvalue weighted by molar-refractivity contribution is 5.76. The highest BCUT2D eigenvalue weighted by atomic mass is 16.2. The van der Waals surface area contributed by atoms with Crippen molar-refractivity contribution in [3.05, 3.63) is 0 Å². The summed E-state index contributed by atoms with van der Waals surface area (Å²) in [5, 5.41) is 0. The summed E-state index contributed by atoms with van der Waals surface area (Å²) < 4.78 is 0. The molecule has 24 heavy (non-hydrogen) atoms. The van der Waals surface area contributed by atoms with E-state index in [0.29, 0.717) is 5.91 Å². The lowest BCUT2D eigenvalue weighted by atomic mass is 10.0. The fourth-order valence-electron chi connectivity index (χ4n) is 3.96. The Morgan fingerprint density at radius 1 is 0.792 bits per heavy atom. The first-order valence-electron chi connectivity index (χ1n) is 11.1. The molecule has 2 heteroatoms. The quantitative estimate of drug-likeness (QED) is 0.303. The SMILES string of the molecule is CCCCCCCN(CCCCCCC)C(=O)CCC1CCCC1. The van der Waals surface area contributed by atoms with E-state index in [4.69, 9.17) is 0 Å². The van der Waals surface area contributed by atoms with E-state index < -0.39 is 0 Å². The Morgan fingerprint density at radius 3 is 1.79 bits per heavy atom. The lowest BCUT2D eigenvalue weighted by molar-refractivity contribution is -0.131. The number of carbonyl (C=O) groups excluding carboxylic acids is 1. The minimum absolute atomic E-state index is 0.438. The molecule has 1 aliphatic rings. The third kappa shape index (κ3) is 10.4. The molecule has 0 saturated heterocycles. The molecule has 0 unspecified atom stereocenters. The molecule has 1 rings (SSSR count). The van der Waals surface area contributed by atoms with Gasteiger partial charge in [-0.2, -0.15) is 0 Å². The van der Waals surface area contributed by atoms with Crippen molar-refractivity contribution in [2.24, 2.45) is 5.92 Å². The van der Waals surface area contributed by atoms with Gasteiger partial charge in [-0.25, -0.2) is 0 Å². The highest BCUT2D eigenvalue weighted by Gasteiger charge is 2.18. The number of unbranched alkanes of at least 4 members (excludes halogenated alkanes) is 8. The first-order chi connectivity index (χ1) is 11.8. The predicted molar refractivity (Wildman–Crippen MR) is 105 cm³/mol. The van der Waals surface area contributed by atoms with Crippen molar-refractivity contribution in [2.75, 3.05) is 13.1 Å². The minimum Gasteiger partial charge on any atom is -0.343 e. The molecule has 2 nitrogen and oxygen atoms in total. The number of nitrogens with zero attached hydrogens (tertiary/aromatic N) is 1. The van der Waals surface area contributed by atoms with Crippen molar-refractivity contribution >= 4 is 5.91 Å². The van der Waals surface area contributed by atoms with Crippen LogP contribution in [0.4, 0.5) is 0 Å². The van der Waals surface area contributed by atoms with E-state index in [2.05, 4.69) is 18.7 Å². The molecule has 0 bridgehead atoms. The fraction of sp³-hybridized carbons (Fsp3) is 0.955. The lowest BCUT2D eigenvalue weighted by Crippen LogP contribution is -2.33. The second-order valence-corrected chi connectivity index (χ2v) is 7.90. The second-order valence-electron chi connectivity index (χ2n) is 7.90. The van der Waals surface area contributed by atoms with Crippen LogP contribution in [0, 0.1) is 5.92 Å². The van der Waals surface area contributed by atoms with Crippen LogP contribution < -0.4 is 0 Å². The van der Waals surface area contributed by atoms with E-state index in [-0.39, 0.29) is 0 Å². The molecule has 1 amide bonds. The Hall–Kier alpha value is -0.530. The zero-order chi connectivity index (χ0) is 17.5. The molecule has 1 saturated carbocycles. The maximum atomic E-state index is 12.7. The standard InChI is InChI=1S/C22H43NO/c1-3-5-7-9-13-19-23(20-14-10-8-6-4-2)22(24)18-17-21-15-11-12-16-21/h21H,3-20H2,1-2H3. The van der Waals surface area contributed by atoms with Gasteiger partial charge in [0.05, 0.1) is 0 Å². The van der Waals surface area contributed by atoms with Crippen LogP contribution in [0.1, 0.15) is 117 Å². The summed E-state index contributed by atoms with van der Waals surface area (Å²) in [6, 6.07) is 0. The van der Waals surface area contributed by atoms with Gasteiger partial charge >= 0.3 is 0 Å². The molecule has 0 N–H and O–H groups in total. The lowest BCUT2D eigenvalue weighted by Gasteiger charge is -2.23. The summed E-state index contributed by atoms with van der Waals surface area (Å²) in [5.41, 5.74) is 0. The molecular weight excluding hydrogens is 294 g/mol. The Labute approximate surface area is 151 Å². The van der Waals surface area contributed by atoms with E-state index in [1.54, 1.807) is 0 Å². The Morgan fingerprint density at radius 2 is 1.29 bits per heavy atom. The van der Waals surface area contributed by atoms with Gasteiger partial charge < -0.3 is 4.90 Å². The van der Waals surface area contributed by atoms with E-state index >= 15 is 0 Å². The smallest absolute Gasteiger partial charge is 0.222 e. The summed E-state index contributed by atoms with van der Waals surface area (Å²) in [5.74, 6) is 1.28. The van der Waals surface area contributed by atoms with Gasteiger partial charge in [-0.1, -0.05) is 90.9 Å². The third-order valence-electron chi connectivity index (χ3n) is 5.66. The molecular formula is C22H43NO. The molecule has 142 valence electrons. The van der Waals surface area contributed by atoms with Gasteiger partial charge in [0, 0.05) is 19.5 Å². The summed E-state index contributed by atoms with van der Waals surface area (Å²) in [6.07, 6.45) is 20.3. The van der Waals surface area contributed by atoms with Gasteiger partial charge in [0.2, 0.25) is 5.91 Å². The molecule has 0 aliphatic heterocycles. The molecule has 1 aliphatic carbocycles. The number of rotatable bonds is 15. The van der Waals surface area contributed by atoms with Crippen molar-refractivity contribution in [1.29, 1.82) is 0 Å². The topological polar surface area (TPSA) is 20.3 Å². The van der Waals surface area contributed by atoms with Gasteiger partial charge in [-0.05, 0) is 25.2 Å². The second kappa shape index (κ2) is 14.8. The first-order valence-corrected chi connectivity index (χ1v) is 11.1. The molecule has 0 heterocycles. The van der Waals surface area contributed by atoms with Gasteiger partial charge in [-0.15, -0.1) is 0 Å². The van der Waals surface area contributed by atoms with Crippen molar-refractivity contribution in [3.8, 4) is 0 Å². The van der Waals surface area contributed by atoms with Gasteiger partial charge in [0.1, 0.15) is 0 Å². The Balaban J connectivity index is 2.26. The van der Waals surface area contributed by atoms with Crippen LogP contribution in [-0.4, -0.2) is 23.9 Å². The van der Waals surface area contributed by atoms with Gasteiger partial charge in [0.25, 0.3) is 0 Å². The van der Waals surface area contributed by atoms with Crippen LogP contribution in [0.15, 0.2) is 0 Å². The van der Waals surface area contributed by atoms with Crippen LogP contribution in [0.5, 0.6) is 0 Å². The van der Waals surface area contributed by atoms with Crippen molar-refractivity contribution in [3.63, 3.8) is 0 Å². The fourth-order valence-corrected chi connectivity index (χ4v) is 3.96. The largest absolute Gasteiger partial charge is 0.343 e. The van der Waals surface area contributed by atoms with Crippen LogP contribution in [0.3, 0.4) is 0 Å². The van der Waals surface area contributed by atoms with Crippen LogP contribution in [-0.2, 0) is 4.79 Å². The van der Waals surface area contributed by atoms with Crippen molar-refractivity contribution in [2.45, 2.75) is 117 Å².